The normalized spacial score (nSPS) is 11.1. The Morgan fingerprint density at radius 2 is 2.00 bits per heavy atom. The van der Waals surface area contributed by atoms with Crippen molar-refractivity contribution in [3.05, 3.63) is 41.5 Å². The molecule has 0 aliphatic heterocycles. The van der Waals surface area contributed by atoms with Crippen molar-refractivity contribution in [2.24, 2.45) is 0 Å². The minimum atomic E-state index is -0.0214. The molecule has 1 heteroatoms. The number of carbonyl (C=O) groups excluding carboxylic acids is 1. The highest BCUT2D eigenvalue weighted by atomic mass is 16.1. The van der Waals surface area contributed by atoms with Gasteiger partial charge in [0.1, 0.15) is 0 Å². The molecule has 0 bridgehead atoms. The maximum Gasteiger partial charge on any atom is 0.233 e. The first-order valence-electron chi connectivity index (χ1n) is 4.64. The summed E-state index contributed by atoms with van der Waals surface area (Å²) in [6, 6.07) is 5.76. The van der Waals surface area contributed by atoms with Gasteiger partial charge in [-0.05, 0) is 22.6 Å². The van der Waals surface area contributed by atoms with Gasteiger partial charge in [-0.3, -0.25) is 4.79 Å². The molecule has 0 aliphatic carbocycles. The summed E-state index contributed by atoms with van der Waals surface area (Å²) in [5, 5.41) is 0. The van der Waals surface area contributed by atoms with Crippen molar-refractivity contribution in [1.82, 2.24) is 0 Å². The van der Waals surface area contributed by atoms with Gasteiger partial charge >= 0.3 is 0 Å². The minimum absolute atomic E-state index is 0.0214. The lowest BCUT2D eigenvalue weighted by atomic mass is 9.83. The van der Waals surface area contributed by atoms with Gasteiger partial charge in [-0.15, -0.1) is 0 Å². The molecule has 1 aromatic rings. The molecule has 1 rings (SSSR count). The largest absolute Gasteiger partial charge is 0.285 e. The fourth-order valence-corrected chi connectivity index (χ4v) is 1.43. The third-order valence-corrected chi connectivity index (χ3v) is 2.20. The molecule has 0 heterocycles. The number of hydrogen-bond donors (Lipinski definition) is 0. The van der Waals surface area contributed by atoms with Crippen LogP contribution < -0.4 is 0 Å². The van der Waals surface area contributed by atoms with Gasteiger partial charge in [0.25, 0.3) is 0 Å². The predicted molar refractivity (Wildman–Crippen MR) is 60.0 cm³/mol. The van der Waals surface area contributed by atoms with Crippen molar-refractivity contribution in [2.75, 3.05) is 0 Å². The van der Waals surface area contributed by atoms with Crippen LogP contribution >= 0.6 is 0 Å². The van der Waals surface area contributed by atoms with Gasteiger partial charge in [-0.1, -0.05) is 45.6 Å². The number of benzene rings is 1. The molecule has 0 atom stereocenters. The third kappa shape index (κ3) is 2.11. The van der Waals surface area contributed by atoms with E-state index in [-0.39, 0.29) is 5.41 Å². The predicted octanol–water partition coefficient (Wildman–Crippen LogP) is 3.08. The second kappa shape index (κ2) is 3.79. The molecule has 0 saturated heterocycles. The van der Waals surface area contributed by atoms with E-state index in [1.165, 1.54) is 0 Å². The summed E-state index contributed by atoms with van der Waals surface area (Å²) in [5.74, 6) is 0. The van der Waals surface area contributed by atoms with Crippen LogP contribution in [0.2, 0.25) is 0 Å². The van der Waals surface area contributed by atoms with E-state index in [1.807, 2.05) is 24.5 Å². The minimum Gasteiger partial charge on any atom is -0.285 e. The molecule has 14 heavy (non-hydrogen) atoms. The van der Waals surface area contributed by atoms with Crippen molar-refractivity contribution >= 4 is 12.4 Å². The Hall–Kier alpha value is -1.37. The van der Waals surface area contributed by atoms with E-state index >= 15 is 0 Å². The maximum absolute atomic E-state index is 10.8. The molecule has 0 aromatic heterocycles. The van der Waals surface area contributed by atoms with Gasteiger partial charge < -0.3 is 0 Å². The van der Waals surface area contributed by atoms with Crippen molar-refractivity contribution in [2.45, 2.75) is 26.2 Å². The number of hydrogen-bond acceptors (Lipinski definition) is 1. The average Bonchev–Trinajstić information content (AvgIpc) is 2.15. The van der Waals surface area contributed by atoms with Crippen LogP contribution in [0.15, 0.2) is 24.8 Å². The van der Waals surface area contributed by atoms with Gasteiger partial charge in [0.2, 0.25) is 6.29 Å². The van der Waals surface area contributed by atoms with E-state index in [0.29, 0.717) is 5.56 Å². The maximum atomic E-state index is 10.8. The molecular formula is C13H15O. The van der Waals surface area contributed by atoms with Gasteiger partial charge in [-0.2, -0.15) is 0 Å². The lowest BCUT2D eigenvalue weighted by Crippen LogP contribution is -2.14. The summed E-state index contributed by atoms with van der Waals surface area (Å²) < 4.78 is 0. The van der Waals surface area contributed by atoms with Crippen molar-refractivity contribution in [3.8, 4) is 0 Å². The van der Waals surface area contributed by atoms with Crippen molar-refractivity contribution < 1.29 is 4.79 Å². The van der Waals surface area contributed by atoms with E-state index in [9.17, 15) is 4.79 Å². The Balaban J connectivity index is 3.32. The van der Waals surface area contributed by atoms with Crippen molar-refractivity contribution in [1.29, 1.82) is 0 Å². The third-order valence-electron chi connectivity index (χ3n) is 2.20. The molecule has 1 nitrogen and oxygen atoms in total. The second-order valence-corrected chi connectivity index (χ2v) is 4.36. The SMILES string of the molecule is C=Cc1ccc(C(C)(C)C)c([C]=O)c1. The highest BCUT2D eigenvalue weighted by Gasteiger charge is 2.17. The van der Waals surface area contributed by atoms with E-state index in [2.05, 4.69) is 27.4 Å². The van der Waals surface area contributed by atoms with Gasteiger partial charge in [0, 0.05) is 5.56 Å². The molecule has 1 aromatic carbocycles. The highest BCUT2D eigenvalue weighted by Crippen LogP contribution is 2.25. The molecular weight excluding hydrogens is 172 g/mol. The molecule has 0 saturated carbocycles. The van der Waals surface area contributed by atoms with Crippen molar-refractivity contribution in [3.63, 3.8) is 0 Å². The fourth-order valence-electron chi connectivity index (χ4n) is 1.43. The van der Waals surface area contributed by atoms with Crippen LogP contribution in [0, 0.1) is 0 Å². The Kier molecular flexibility index (Phi) is 2.90. The van der Waals surface area contributed by atoms with Crippen LogP contribution in [-0.4, -0.2) is 6.29 Å². The first-order chi connectivity index (χ1) is 6.49. The van der Waals surface area contributed by atoms with Gasteiger partial charge in [-0.25, -0.2) is 0 Å². The lowest BCUT2D eigenvalue weighted by Gasteiger charge is -2.20. The summed E-state index contributed by atoms with van der Waals surface area (Å²) in [5.41, 5.74) is 2.59. The lowest BCUT2D eigenvalue weighted by molar-refractivity contribution is 0.555. The zero-order valence-corrected chi connectivity index (χ0v) is 8.92. The molecule has 0 spiro atoms. The molecule has 0 fully saturated rings. The Morgan fingerprint density at radius 1 is 1.36 bits per heavy atom. The standard InChI is InChI=1S/C13H15O/c1-5-10-6-7-12(13(2,3)4)11(8-10)9-14/h5-8H,1H2,2-4H3. The van der Waals surface area contributed by atoms with Crippen LogP contribution in [0.4, 0.5) is 0 Å². The smallest absolute Gasteiger partial charge is 0.233 e. The zero-order chi connectivity index (χ0) is 10.8. The molecule has 0 unspecified atom stereocenters. The summed E-state index contributed by atoms with van der Waals surface area (Å²) in [6.07, 6.45) is 3.71. The van der Waals surface area contributed by atoms with Crippen LogP contribution in [0.1, 0.15) is 37.5 Å². The van der Waals surface area contributed by atoms with Crippen LogP contribution in [0.25, 0.3) is 6.08 Å². The number of rotatable bonds is 2. The van der Waals surface area contributed by atoms with Crippen LogP contribution in [0.5, 0.6) is 0 Å². The summed E-state index contributed by atoms with van der Waals surface area (Å²) >= 11 is 0. The van der Waals surface area contributed by atoms with Crippen LogP contribution in [-0.2, 0) is 10.2 Å². The topological polar surface area (TPSA) is 17.1 Å². The van der Waals surface area contributed by atoms with E-state index in [4.69, 9.17) is 0 Å². The average molecular weight is 187 g/mol. The Morgan fingerprint density at radius 3 is 2.43 bits per heavy atom. The quantitative estimate of drug-likeness (QED) is 0.695. The van der Waals surface area contributed by atoms with E-state index < -0.39 is 0 Å². The van der Waals surface area contributed by atoms with E-state index in [0.717, 1.165) is 11.1 Å². The second-order valence-electron chi connectivity index (χ2n) is 4.36. The molecule has 0 N–H and O–H groups in total. The van der Waals surface area contributed by atoms with Gasteiger partial charge in [0.05, 0.1) is 0 Å². The summed E-state index contributed by atoms with van der Waals surface area (Å²) in [4.78, 5) is 10.8. The van der Waals surface area contributed by atoms with Crippen LogP contribution in [0.3, 0.4) is 0 Å². The molecule has 0 aliphatic rings. The first-order valence-corrected chi connectivity index (χ1v) is 4.64. The molecule has 73 valence electrons. The monoisotopic (exact) mass is 187 g/mol. The zero-order valence-electron chi connectivity index (χ0n) is 8.92. The first kappa shape index (κ1) is 10.7. The van der Waals surface area contributed by atoms with E-state index in [1.54, 1.807) is 6.08 Å². The Labute approximate surface area is 85.5 Å². The molecule has 1 radical (unpaired) electrons. The Bertz CT molecular complexity index is 356. The van der Waals surface area contributed by atoms with Gasteiger partial charge in [0.15, 0.2) is 0 Å². The summed E-state index contributed by atoms with van der Waals surface area (Å²) in [7, 11) is 0. The highest BCUT2D eigenvalue weighted by molar-refractivity contribution is 5.80. The fraction of sp³-hybridized carbons (Fsp3) is 0.308. The molecule has 0 amide bonds. The summed E-state index contributed by atoms with van der Waals surface area (Å²) in [6.45, 7) is 9.91.